The van der Waals surface area contributed by atoms with Gasteiger partial charge in [-0.1, -0.05) is 17.7 Å². The highest BCUT2D eigenvalue weighted by Gasteiger charge is 2.22. The Morgan fingerprint density at radius 1 is 1.00 bits per heavy atom. The van der Waals surface area contributed by atoms with Crippen molar-refractivity contribution in [2.24, 2.45) is 14.1 Å². The van der Waals surface area contributed by atoms with Gasteiger partial charge in [0, 0.05) is 30.9 Å². The van der Waals surface area contributed by atoms with E-state index in [0.29, 0.717) is 21.8 Å². The summed E-state index contributed by atoms with van der Waals surface area (Å²) in [7, 11) is 3.06. The molecule has 0 aliphatic heterocycles. The summed E-state index contributed by atoms with van der Waals surface area (Å²) in [5.41, 5.74) is -0.275. The largest absolute Gasteiger partial charge is 0.335 e. The highest BCUT2D eigenvalue weighted by molar-refractivity contribution is 6.30. The number of aromatic amines is 1. The van der Waals surface area contributed by atoms with Crippen LogP contribution in [0, 0.1) is 6.92 Å². The molecule has 0 amide bonds. The van der Waals surface area contributed by atoms with Crippen LogP contribution in [0.2, 0.25) is 5.02 Å². The number of hydrogen-bond donors (Lipinski definition) is 1. The predicted molar refractivity (Wildman–Crippen MR) is 114 cm³/mol. The summed E-state index contributed by atoms with van der Waals surface area (Å²) in [4.78, 5) is 51.4. The molecule has 1 N–H and O–H groups in total. The Bertz CT molecular complexity index is 1520. The van der Waals surface area contributed by atoms with Crippen LogP contribution in [0.15, 0.2) is 57.0 Å². The van der Waals surface area contributed by atoms with Gasteiger partial charge in [0.1, 0.15) is 5.56 Å². The van der Waals surface area contributed by atoms with Gasteiger partial charge in [-0.3, -0.25) is 23.6 Å². The molecule has 2 heterocycles. The summed E-state index contributed by atoms with van der Waals surface area (Å²) in [5, 5.41) is 3.27. The first-order chi connectivity index (χ1) is 14.2. The van der Waals surface area contributed by atoms with E-state index in [2.05, 4.69) is 5.10 Å². The number of carbonyl (C=O) groups excluding carboxylic acids is 1. The summed E-state index contributed by atoms with van der Waals surface area (Å²) in [6, 6.07) is 9.47. The first-order valence-electron chi connectivity index (χ1n) is 9.02. The molecule has 2 aromatic heterocycles. The van der Waals surface area contributed by atoms with Crippen LogP contribution in [0.25, 0.3) is 16.6 Å². The zero-order chi connectivity index (χ0) is 21.7. The van der Waals surface area contributed by atoms with Crippen molar-refractivity contribution < 1.29 is 4.79 Å². The van der Waals surface area contributed by atoms with Crippen LogP contribution in [0.5, 0.6) is 0 Å². The molecule has 0 aliphatic carbocycles. The number of carbonyl (C=O) groups is 1. The number of aromatic nitrogens is 4. The van der Waals surface area contributed by atoms with Gasteiger partial charge in [0.25, 0.3) is 11.1 Å². The van der Waals surface area contributed by atoms with Gasteiger partial charge >= 0.3 is 5.69 Å². The molecule has 4 aromatic rings. The fourth-order valence-corrected chi connectivity index (χ4v) is 3.74. The van der Waals surface area contributed by atoms with Crippen molar-refractivity contribution >= 4 is 28.3 Å². The minimum Gasteiger partial charge on any atom is -0.302 e. The van der Waals surface area contributed by atoms with Gasteiger partial charge in [0.15, 0.2) is 5.78 Å². The average Bonchev–Trinajstić information content (AvgIpc) is 3.04. The molecule has 152 valence electrons. The van der Waals surface area contributed by atoms with Crippen LogP contribution in [0.1, 0.15) is 21.5 Å². The minimum atomic E-state index is -0.565. The Hall–Kier alpha value is -3.65. The Kier molecular flexibility index (Phi) is 4.58. The Labute approximate surface area is 174 Å². The Morgan fingerprint density at radius 2 is 1.73 bits per heavy atom. The van der Waals surface area contributed by atoms with Crippen molar-refractivity contribution in [1.29, 1.82) is 0 Å². The molecule has 0 radical (unpaired) electrons. The summed E-state index contributed by atoms with van der Waals surface area (Å²) >= 11 is 6.04. The second-order valence-corrected chi connectivity index (χ2v) is 7.41. The third-order valence-electron chi connectivity index (χ3n) is 5.19. The number of rotatable bonds is 3. The van der Waals surface area contributed by atoms with Crippen molar-refractivity contribution in [1.82, 2.24) is 18.9 Å². The molecule has 0 saturated heterocycles. The van der Waals surface area contributed by atoms with Crippen LogP contribution in [0.4, 0.5) is 0 Å². The molecule has 0 bridgehead atoms. The lowest BCUT2D eigenvalue weighted by Crippen LogP contribution is -2.38. The number of nitrogens with one attached hydrogen (secondary N) is 1. The summed E-state index contributed by atoms with van der Waals surface area (Å²) < 4.78 is 3.55. The monoisotopic (exact) mass is 424 g/mol. The number of H-pyrrole nitrogens is 1. The first-order valence-corrected chi connectivity index (χ1v) is 9.40. The lowest BCUT2D eigenvalue weighted by atomic mass is 9.97. The molecule has 4 rings (SSSR count). The number of halogens is 1. The standard InChI is InChI=1S/C21H17ClN4O4/c1-11-14(18(27)15-10-23-25(3)19(15)28)7-8-16-17(11)20(29)26(21(30)24(16)2)13-6-4-5-12(22)9-13/h4-10,23H,1-3H3. The van der Waals surface area contributed by atoms with Gasteiger partial charge in [0.2, 0.25) is 0 Å². The normalized spacial score (nSPS) is 11.2. The van der Waals surface area contributed by atoms with Crippen molar-refractivity contribution in [3.05, 3.63) is 95.5 Å². The van der Waals surface area contributed by atoms with Crippen molar-refractivity contribution in [2.75, 3.05) is 0 Å². The molecular weight excluding hydrogens is 408 g/mol. The quantitative estimate of drug-likeness (QED) is 0.508. The van der Waals surface area contributed by atoms with Crippen LogP contribution in [0.3, 0.4) is 0 Å². The predicted octanol–water partition coefficient (Wildman–Crippen LogP) is 1.91. The van der Waals surface area contributed by atoms with Crippen LogP contribution in [-0.2, 0) is 14.1 Å². The van der Waals surface area contributed by atoms with Gasteiger partial charge < -0.3 is 5.10 Å². The molecular formula is C21H17ClN4O4. The van der Waals surface area contributed by atoms with Gasteiger partial charge in [-0.2, -0.15) is 0 Å². The third kappa shape index (κ3) is 2.84. The SMILES string of the molecule is Cc1c(C(=O)c2c[nH]n(C)c2=O)ccc2c1c(=O)n(-c1cccc(Cl)c1)c(=O)n2C. The first kappa shape index (κ1) is 19.7. The van der Waals surface area contributed by atoms with Crippen molar-refractivity contribution in [2.45, 2.75) is 6.92 Å². The summed E-state index contributed by atoms with van der Waals surface area (Å²) in [5.74, 6) is -0.501. The average molecular weight is 425 g/mol. The molecule has 2 aromatic carbocycles. The van der Waals surface area contributed by atoms with Gasteiger partial charge in [-0.05, 0) is 42.8 Å². The fraction of sp³-hybridized carbons (Fsp3) is 0.143. The number of nitrogens with zero attached hydrogens (tertiary/aromatic N) is 3. The summed E-state index contributed by atoms with van der Waals surface area (Å²) in [6.07, 6.45) is 1.33. The number of ketones is 1. The zero-order valence-corrected chi connectivity index (χ0v) is 17.1. The van der Waals surface area contributed by atoms with Crippen LogP contribution < -0.4 is 16.8 Å². The molecule has 0 atom stereocenters. The third-order valence-corrected chi connectivity index (χ3v) is 5.43. The molecule has 0 aliphatic rings. The van der Waals surface area contributed by atoms with E-state index >= 15 is 0 Å². The summed E-state index contributed by atoms with van der Waals surface area (Å²) in [6.45, 7) is 1.63. The lowest BCUT2D eigenvalue weighted by molar-refractivity contribution is 0.103. The number of fused-ring (bicyclic) bond motifs is 1. The van der Waals surface area contributed by atoms with E-state index in [9.17, 15) is 19.2 Å². The maximum atomic E-state index is 13.3. The molecule has 0 spiro atoms. The molecule has 0 unspecified atom stereocenters. The van der Waals surface area contributed by atoms with E-state index < -0.39 is 22.6 Å². The minimum absolute atomic E-state index is 0.0278. The van der Waals surface area contributed by atoms with E-state index in [1.54, 1.807) is 32.2 Å². The van der Waals surface area contributed by atoms with Gasteiger partial charge in [-0.25, -0.2) is 9.36 Å². The maximum absolute atomic E-state index is 13.3. The lowest BCUT2D eigenvalue weighted by Gasteiger charge is -2.14. The van der Waals surface area contributed by atoms with E-state index in [4.69, 9.17) is 11.6 Å². The number of hydrogen-bond acceptors (Lipinski definition) is 4. The van der Waals surface area contributed by atoms with E-state index in [0.717, 1.165) is 4.57 Å². The smallest absolute Gasteiger partial charge is 0.302 e. The van der Waals surface area contributed by atoms with E-state index in [-0.39, 0.29) is 16.5 Å². The number of aryl methyl sites for hydroxylation is 3. The second kappa shape index (κ2) is 7.00. The molecule has 8 nitrogen and oxygen atoms in total. The molecule has 0 fully saturated rings. The topological polar surface area (TPSA) is 98.9 Å². The van der Waals surface area contributed by atoms with Crippen LogP contribution >= 0.6 is 11.6 Å². The number of benzene rings is 2. The highest BCUT2D eigenvalue weighted by Crippen LogP contribution is 2.21. The molecule has 30 heavy (non-hydrogen) atoms. The van der Waals surface area contributed by atoms with Gasteiger partial charge in [0.05, 0.1) is 16.6 Å². The molecule has 0 saturated carbocycles. The highest BCUT2D eigenvalue weighted by atomic mass is 35.5. The van der Waals surface area contributed by atoms with Crippen molar-refractivity contribution in [3.8, 4) is 5.69 Å². The van der Waals surface area contributed by atoms with Crippen LogP contribution in [-0.4, -0.2) is 24.7 Å². The van der Waals surface area contributed by atoms with E-state index in [1.807, 2.05) is 0 Å². The van der Waals surface area contributed by atoms with Crippen molar-refractivity contribution in [3.63, 3.8) is 0 Å². The van der Waals surface area contributed by atoms with Gasteiger partial charge in [-0.15, -0.1) is 0 Å². The molecule has 9 heteroatoms. The Morgan fingerprint density at radius 3 is 2.37 bits per heavy atom. The second-order valence-electron chi connectivity index (χ2n) is 6.97. The van der Waals surface area contributed by atoms with E-state index in [1.165, 1.54) is 40.7 Å². The maximum Gasteiger partial charge on any atom is 0.335 e. The zero-order valence-electron chi connectivity index (χ0n) is 16.4. The Balaban J connectivity index is 2.06. The fourth-order valence-electron chi connectivity index (χ4n) is 3.56.